The van der Waals surface area contributed by atoms with Crippen LogP contribution in [0.15, 0.2) is 11.9 Å². The van der Waals surface area contributed by atoms with Gasteiger partial charge in [0.05, 0.1) is 0 Å². The van der Waals surface area contributed by atoms with Crippen LogP contribution in [0.3, 0.4) is 0 Å². The lowest BCUT2D eigenvalue weighted by Crippen LogP contribution is -2.07. The van der Waals surface area contributed by atoms with Crippen LogP contribution in [-0.2, 0) is 0 Å². The van der Waals surface area contributed by atoms with Gasteiger partial charge in [0.15, 0.2) is 5.83 Å². The lowest BCUT2D eigenvalue weighted by atomic mass is 10.4. The summed E-state index contributed by atoms with van der Waals surface area (Å²) < 4.78 is 45.2. The van der Waals surface area contributed by atoms with Gasteiger partial charge in [-0.15, -0.1) is 0 Å². The number of hydrogen-bond acceptors (Lipinski definition) is 0. The predicted octanol–water partition coefficient (Wildman–Crippen LogP) is 2.81. The van der Waals surface area contributed by atoms with Gasteiger partial charge in [-0.05, 0) is 12.5 Å². The third-order valence-electron chi connectivity index (χ3n) is 0.654. The molecule has 9 heavy (non-hydrogen) atoms. The first kappa shape index (κ1) is 8.46. The van der Waals surface area contributed by atoms with Gasteiger partial charge in [-0.3, -0.25) is 0 Å². The zero-order chi connectivity index (χ0) is 7.49. The second-order valence-electron chi connectivity index (χ2n) is 1.46. The summed E-state index contributed by atoms with van der Waals surface area (Å²) in [5.41, 5.74) is 0. The Morgan fingerprint density at radius 1 is 1.44 bits per heavy atom. The third kappa shape index (κ3) is 3.11. The van der Waals surface area contributed by atoms with E-state index in [1.54, 1.807) is 0 Å². The summed E-state index contributed by atoms with van der Waals surface area (Å²) >= 11 is 0. The average Bonchev–Trinajstić information content (AvgIpc) is 1.64. The molecule has 0 bridgehead atoms. The Kier molecular flexibility index (Phi) is 2.67. The van der Waals surface area contributed by atoms with E-state index in [2.05, 4.69) is 0 Å². The Morgan fingerprint density at radius 3 is 2.00 bits per heavy atom. The Morgan fingerprint density at radius 2 is 1.89 bits per heavy atom. The van der Waals surface area contributed by atoms with Crippen LogP contribution in [0.25, 0.3) is 0 Å². The maximum absolute atomic E-state index is 11.6. The zero-order valence-corrected chi connectivity index (χ0v) is 4.80. The van der Waals surface area contributed by atoms with E-state index in [4.69, 9.17) is 0 Å². The van der Waals surface area contributed by atoms with Crippen molar-refractivity contribution in [2.45, 2.75) is 19.5 Å². The van der Waals surface area contributed by atoms with Crippen LogP contribution < -0.4 is 0 Å². The van der Waals surface area contributed by atoms with Crippen LogP contribution in [0.1, 0.15) is 13.3 Å². The summed E-state index contributed by atoms with van der Waals surface area (Å²) in [5.74, 6) is -2.01. The van der Waals surface area contributed by atoms with Gasteiger partial charge < -0.3 is 0 Å². The van der Waals surface area contributed by atoms with E-state index in [9.17, 15) is 17.6 Å². The monoisotopic (exact) mass is 142 g/mol. The van der Waals surface area contributed by atoms with Crippen molar-refractivity contribution in [2.75, 3.05) is 0 Å². The number of rotatable bonds is 1. The van der Waals surface area contributed by atoms with Crippen molar-refractivity contribution >= 4 is 0 Å². The van der Waals surface area contributed by atoms with Crippen LogP contribution in [0.2, 0.25) is 0 Å². The minimum Gasteiger partial charge on any atom is -0.202 e. The highest BCUT2D eigenvalue weighted by molar-refractivity contribution is 4.97. The second kappa shape index (κ2) is 2.85. The Bertz CT molecular complexity index is 111. The molecule has 0 N–H and O–H groups in total. The fourth-order valence-electron chi connectivity index (χ4n) is 0.295. The van der Waals surface area contributed by atoms with Gasteiger partial charge >= 0.3 is 6.18 Å². The molecule has 0 aromatic heterocycles. The summed E-state index contributed by atoms with van der Waals surface area (Å²) in [7, 11) is 0. The van der Waals surface area contributed by atoms with E-state index >= 15 is 0 Å². The third-order valence-corrected chi connectivity index (χ3v) is 0.654. The molecule has 0 nitrogen and oxygen atoms in total. The fourth-order valence-corrected chi connectivity index (χ4v) is 0.295. The standard InChI is InChI=1S/C5H6F4/c1-2-3-4(6)5(7,8)9/h3H,2H2,1H3/b4-3-. The lowest BCUT2D eigenvalue weighted by molar-refractivity contribution is -0.109. The van der Waals surface area contributed by atoms with Crippen LogP contribution in [0.4, 0.5) is 17.6 Å². The molecule has 0 aliphatic heterocycles. The first-order valence-electron chi connectivity index (χ1n) is 2.41. The first-order valence-corrected chi connectivity index (χ1v) is 2.41. The van der Waals surface area contributed by atoms with Crippen molar-refractivity contribution in [1.82, 2.24) is 0 Å². The van der Waals surface area contributed by atoms with Crippen LogP contribution >= 0.6 is 0 Å². The molecule has 0 atom stereocenters. The van der Waals surface area contributed by atoms with E-state index in [1.807, 2.05) is 0 Å². The second-order valence-corrected chi connectivity index (χ2v) is 1.46. The van der Waals surface area contributed by atoms with Gasteiger partial charge in [0.1, 0.15) is 0 Å². The molecule has 0 aliphatic rings. The van der Waals surface area contributed by atoms with E-state index in [1.165, 1.54) is 6.92 Å². The Hall–Kier alpha value is -0.540. The summed E-state index contributed by atoms with van der Waals surface area (Å²) in [6.45, 7) is 1.44. The highest BCUT2D eigenvalue weighted by Crippen LogP contribution is 2.26. The largest absolute Gasteiger partial charge is 0.442 e. The average molecular weight is 142 g/mol. The Labute approximate surface area is 50.2 Å². The van der Waals surface area contributed by atoms with Crippen LogP contribution in [0.5, 0.6) is 0 Å². The van der Waals surface area contributed by atoms with Crippen LogP contribution in [-0.4, -0.2) is 6.18 Å². The minimum absolute atomic E-state index is 0.0609. The summed E-state index contributed by atoms with van der Waals surface area (Å²) in [5, 5.41) is 0. The molecule has 0 saturated carbocycles. The summed E-state index contributed by atoms with van der Waals surface area (Å²) in [4.78, 5) is 0. The van der Waals surface area contributed by atoms with Gasteiger partial charge in [-0.25, -0.2) is 4.39 Å². The lowest BCUT2D eigenvalue weighted by Gasteiger charge is -2.00. The SMILES string of the molecule is CC/C=C(\F)C(F)(F)F. The van der Waals surface area contributed by atoms with Crippen molar-refractivity contribution in [3.63, 3.8) is 0 Å². The Balaban J connectivity index is 4.03. The van der Waals surface area contributed by atoms with E-state index in [0.717, 1.165) is 0 Å². The molecule has 0 heterocycles. The maximum Gasteiger partial charge on any atom is 0.442 e. The molecule has 4 heteroatoms. The number of halogens is 4. The van der Waals surface area contributed by atoms with Crippen molar-refractivity contribution in [1.29, 1.82) is 0 Å². The topological polar surface area (TPSA) is 0 Å². The van der Waals surface area contributed by atoms with Crippen molar-refractivity contribution in [3.05, 3.63) is 11.9 Å². The van der Waals surface area contributed by atoms with Gasteiger partial charge in [-0.1, -0.05) is 6.92 Å². The van der Waals surface area contributed by atoms with Gasteiger partial charge in [-0.2, -0.15) is 13.2 Å². The molecular weight excluding hydrogens is 136 g/mol. The molecule has 0 radical (unpaired) electrons. The number of alkyl halides is 3. The summed E-state index contributed by atoms with van der Waals surface area (Å²) in [6.07, 6.45) is -4.23. The van der Waals surface area contributed by atoms with Gasteiger partial charge in [0.25, 0.3) is 0 Å². The van der Waals surface area contributed by atoms with Crippen LogP contribution in [0, 0.1) is 0 Å². The quantitative estimate of drug-likeness (QED) is 0.494. The van der Waals surface area contributed by atoms with Crippen molar-refractivity contribution in [3.8, 4) is 0 Å². The molecule has 0 unspecified atom stereocenters. The molecule has 0 aliphatic carbocycles. The molecule has 0 rings (SSSR count). The number of hydrogen-bond donors (Lipinski definition) is 0. The molecule has 0 spiro atoms. The number of allylic oxidation sites excluding steroid dienone is 2. The predicted molar refractivity (Wildman–Crippen MR) is 25.5 cm³/mol. The smallest absolute Gasteiger partial charge is 0.202 e. The summed E-state index contributed by atoms with van der Waals surface area (Å²) in [6, 6.07) is 0. The van der Waals surface area contributed by atoms with E-state index in [-0.39, 0.29) is 6.42 Å². The first-order chi connectivity index (χ1) is 3.98. The van der Waals surface area contributed by atoms with E-state index in [0.29, 0.717) is 6.08 Å². The van der Waals surface area contributed by atoms with Crippen molar-refractivity contribution < 1.29 is 17.6 Å². The molecule has 0 amide bonds. The van der Waals surface area contributed by atoms with E-state index < -0.39 is 12.0 Å². The normalized spacial score (nSPS) is 14.1. The fraction of sp³-hybridized carbons (Fsp3) is 0.600. The molecule has 0 aromatic carbocycles. The van der Waals surface area contributed by atoms with Crippen molar-refractivity contribution in [2.24, 2.45) is 0 Å². The molecular formula is C5H6F4. The maximum atomic E-state index is 11.6. The van der Waals surface area contributed by atoms with Gasteiger partial charge in [0.2, 0.25) is 0 Å². The minimum atomic E-state index is -4.80. The highest BCUT2D eigenvalue weighted by atomic mass is 19.4. The highest BCUT2D eigenvalue weighted by Gasteiger charge is 2.33. The molecule has 0 aromatic rings. The van der Waals surface area contributed by atoms with Gasteiger partial charge in [0, 0.05) is 0 Å². The molecule has 0 saturated heterocycles. The molecule has 54 valence electrons. The zero-order valence-electron chi connectivity index (χ0n) is 4.80. The molecule has 0 fully saturated rings.